The lowest BCUT2D eigenvalue weighted by Crippen LogP contribution is -2.50. The van der Waals surface area contributed by atoms with Gasteiger partial charge in [-0.05, 0) is 26.8 Å². The molecule has 1 atom stereocenters. The van der Waals surface area contributed by atoms with Crippen molar-refractivity contribution in [3.05, 3.63) is 69.0 Å². The summed E-state index contributed by atoms with van der Waals surface area (Å²) in [5, 5.41) is 2.79. The first-order valence-corrected chi connectivity index (χ1v) is 9.38. The summed E-state index contributed by atoms with van der Waals surface area (Å²) in [5.41, 5.74) is 5.48. The summed E-state index contributed by atoms with van der Waals surface area (Å²) >= 11 is 0. The van der Waals surface area contributed by atoms with Gasteiger partial charge >= 0.3 is 5.97 Å². The summed E-state index contributed by atoms with van der Waals surface area (Å²) in [4.78, 5) is 39.9. The smallest absolute Gasteiger partial charge is 0.341 e. The number of hydrogen-bond donors (Lipinski definition) is 2. The Kier molecular flexibility index (Phi) is 4.22. The number of ether oxygens (including phenoxy) is 2. The number of amides is 1. The number of carbonyl (C=O) groups excluding carboxylic acids is 2. The summed E-state index contributed by atoms with van der Waals surface area (Å²) in [5.74, 6) is -1.44. The number of benzene rings is 1. The van der Waals surface area contributed by atoms with Gasteiger partial charge in [-0.25, -0.2) is 4.79 Å². The lowest BCUT2D eigenvalue weighted by Gasteiger charge is -2.35. The zero-order valence-corrected chi connectivity index (χ0v) is 16.4. The maximum atomic E-state index is 13.5. The van der Waals surface area contributed by atoms with Crippen molar-refractivity contribution in [1.29, 1.82) is 0 Å². The molecule has 0 bridgehead atoms. The summed E-state index contributed by atoms with van der Waals surface area (Å²) in [7, 11) is 0. The van der Waals surface area contributed by atoms with Crippen LogP contribution in [0.1, 0.15) is 30.7 Å². The lowest BCUT2D eigenvalue weighted by atomic mass is 9.68. The highest BCUT2D eigenvalue weighted by atomic mass is 16.5. The fraction of sp³-hybridized carbons (Fsp3) is 0.286. The van der Waals surface area contributed by atoms with Crippen molar-refractivity contribution >= 4 is 17.6 Å². The second kappa shape index (κ2) is 6.51. The van der Waals surface area contributed by atoms with Crippen LogP contribution in [-0.4, -0.2) is 23.1 Å². The maximum Gasteiger partial charge on any atom is 0.341 e. The highest BCUT2D eigenvalue weighted by Gasteiger charge is 2.60. The normalized spacial score (nSPS) is 19.5. The average molecular weight is 395 g/mol. The SMILES string of the molecule is CCOC(=O)C1=C(N)Oc2cc(C)n(CC)c(=O)c2[C@@]12C(=O)Nc1ccccc12. The molecule has 2 aliphatic rings. The van der Waals surface area contributed by atoms with Crippen LogP contribution in [0.15, 0.2) is 46.6 Å². The zero-order valence-electron chi connectivity index (χ0n) is 16.4. The molecule has 1 spiro atoms. The third-order valence-electron chi connectivity index (χ3n) is 5.40. The molecule has 3 heterocycles. The third-order valence-corrected chi connectivity index (χ3v) is 5.40. The molecule has 1 aromatic carbocycles. The minimum Gasteiger partial charge on any atom is -0.462 e. The molecule has 0 radical (unpaired) electrons. The zero-order chi connectivity index (χ0) is 20.9. The number of carbonyl (C=O) groups is 2. The number of nitrogens with one attached hydrogen (secondary N) is 1. The van der Waals surface area contributed by atoms with E-state index in [0.717, 1.165) is 0 Å². The van der Waals surface area contributed by atoms with Crippen LogP contribution in [0.5, 0.6) is 5.75 Å². The third kappa shape index (κ3) is 2.35. The van der Waals surface area contributed by atoms with Gasteiger partial charge < -0.3 is 25.1 Å². The van der Waals surface area contributed by atoms with E-state index < -0.39 is 22.9 Å². The van der Waals surface area contributed by atoms with Crippen molar-refractivity contribution < 1.29 is 19.1 Å². The van der Waals surface area contributed by atoms with Gasteiger partial charge in [0.2, 0.25) is 11.8 Å². The van der Waals surface area contributed by atoms with Crippen LogP contribution in [0, 0.1) is 6.92 Å². The molecule has 1 amide bonds. The first kappa shape index (κ1) is 18.8. The molecule has 0 unspecified atom stereocenters. The quantitative estimate of drug-likeness (QED) is 0.763. The number of rotatable bonds is 3. The van der Waals surface area contributed by atoms with Crippen LogP contribution in [0.4, 0.5) is 5.69 Å². The van der Waals surface area contributed by atoms with E-state index in [-0.39, 0.29) is 29.4 Å². The standard InChI is InChI=1S/C21H21N3O5/c1-4-24-11(3)10-14-15(18(24)25)21(16(17(22)29-14)19(26)28-5-2)12-8-6-7-9-13(12)23-20(21)27/h6-10H,4-5,22H2,1-3H3,(H,23,27)/t21-/m1/s1. The fourth-order valence-corrected chi connectivity index (χ4v) is 4.25. The van der Waals surface area contributed by atoms with Gasteiger partial charge in [0, 0.05) is 29.6 Å². The van der Waals surface area contributed by atoms with E-state index in [1.165, 1.54) is 4.57 Å². The van der Waals surface area contributed by atoms with Crippen molar-refractivity contribution in [1.82, 2.24) is 4.57 Å². The Morgan fingerprint density at radius 2 is 2.00 bits per heavy atom. The van der Waals surface area contributed by atoms with E-state index in [0.29, 0.717) is 23.5 Å². The number of aromatic nitrogens is 1. The number of pyridine rings is 1. The Bertz CT molecular complexity index is 1150. The second-order valence-electron chi connectivity index (χ2n) is 6.89. The molecular weight excluding hydrogens is 374 g/mol. The number of hydrogen-bond acceptors (Lipinski definition) is 6. The van der Waals surface area contributed by atoms with Crippen LogP contribution in [0.2, 0.25) is 0 Å². The monoisotopic (exact) mass is 395 g/mol. The highest BCUT2D eigenvalue weighted by molar-refractivity contribution is 6.17. The average Bonchev–Trinajstić information content (AvgIpc) is 2.94. The van der Waals surface area contributed by atoms with Crippen LogP contribution < -0.4 is 21.3 Å². The van der Waals surface area contributed by atoms with Gasteiger partial charge in [0.1, 0.15) is 16.7 Å². The fourth-order valence-electron chi connectivity index (χ4n) is 4.25. The summed E-state index contributed by atoms with van der Waals surface area (Å²) in [6.07, 6.45) is 0. The van der Waals surface area contributed by atoms with E-state index in [4.69, 9.17) is 15.2 Å². The molecule has 0 fully saturated rings. The number of nitrogens with two attached hydrogens (primary N) is 1. The Hall–Kier alpha value is -3.55. The lowest BCUT2D eigenvalue weighted by molar-refractivity contribution is -0.140. The minimum atomic E-state index is -1.75. The Balaban J connectivity index is 2.18. The number of esters is 1. The molecule has 150 valence electrons. The molecule has 2 aromatic rings. The molecule has 0 saturated heterocycles. The van der Waals surface area contributed by atoms with E-state index in [9.17, 15) is 14.4 Å². The van der Waals surface area contributed by atoms with Crippen molar-refractivity contribution in [3.8, 4) is 5.75 Å². The highest BCUT2D eigenvalue weighted by Crippen LogP contribution is 2.52. The van der Waals surface area contributed by atoms with Crippen molar-refractivity contribution in [2.45, 2.75) is 32.7 Å². The molecule has 8 heteroatoms. The largest absolute Gasteiger partial charge is 0.462 e. The van der Waals surface area contributed by atoms with Gasteiger partial charge in [-0.15, -0.1) is 0 Å². The predicted octanol–water partition coefficient (Wildman–Crippen LogP) is 1.54. The summed E-state index contributed by atoms with van der Waals surface area (Å²) in [6.45, 7) is 5.72. The minimum absolute atomic E-state index is 0.0599. The number of nitrogens with zero attached hydrogens (tertiary/aromatic N) is 1. The van der Waals surface area contributed by atoms with Gasteiger partial charge in [0.05, 0.1) is 12.2 Å². The number of aryl methyl sites for hydroxylation is 1. The molecular formula is C21H21N3O5. The molecule has 2 aliphatic heterocycles. The van der Waals surface area contributed by atoms with E-state index in [2.05, 4.69) is 5.32 Å². The van der Waals surface area contributed by atoms with Crippen molar-refractivity contribution in [3.63, 3.8) is 0 Å². The van der Waals surface area contributed by atoms with Crippen LogP contribution in [0.25, 0.3) is 0 Å². The van der Waals surface area contributed by atoms with Crippen molar-refractivity contribution in [2.24, 2.45) is 5.73 Å². The van der Waals surface area contributed by atoms with Gasteiger partial charge in [0.15, 0.2) is 0 Å². The molecule has 4 rings (SSSR count). The maximum absolute atomic E-state index is 13.5. The van der Waals surface area contributed by atoms with Crippen LogP contribution in [0.3, 0.4) is 0 Å². The van der Waals surface area contributed by atoms with Crippen LogP contribution >= 0.6 is 0 Å². The molecule has 8 nitrogen and oxygen atoms in total. The summed E-state index contributed by atoms with van der Waals surface area (Å²) < 4.78 is 12.4. The van der Waals surface area contributed by atoms with Crippen molar-refractivity contribution in [2.75, 3.05) is 11.9 Å². The number of anilines is 1. The summed E-state index contributed by atoms with van der Waals surface area (Å²) in [6, 6.07) is 8.56. The van der Waals surface area contributed by atoms with Crippen LogP contribution in [-0.2, 0) is 26.3 Å². The van der Waals surface area contributed by atoms with Gasteiger partial charge in [-0.3, -0.25) is 9.59 Å². The van der Waals surface area contributed by atoms with Gasteiger partial charge in [0.25, 0.3) is 5.56 Å². The number of fused-ring (bicyclic) bond motifs is 4. The van der Waals surface area contributed by atoms with Gasteiger partial charge in [-0.1, -0.05) is 18.2 Å². The molecule has 3 N–H and O–H groups in total. The Labute approximate surface area is 166 Å². The topological polar surface area (TPSA) is 113 Å². The van der Waals surface area contributed by atoms with E-state index in [1.54, 1.807) is 44.2 Å². The molecule has 0 saturated carbocycles. The van der Waals surface area contributed by atoms with E-state index in [1.807, 2.05) is 6.92 Å². The second-order valence-corrected chi connectivity index (χ2v) is 6.89. The molecule has 0 aliphatic carbocycles. The Morgan fingerprint density at radius 3 is 2.69 bits per heavy atom. The Morgan fingerprint density at radius 1 is 1.28 bits per heavy atom. The molecule has 29 heavy (non-hydrogen) atoms. The molecule has 1 aromatic heterocycles. The first-order chi connectivity index (χ1) is 13.9. The van der Waals surface area contributed by atoms with Gasteiger partial charge in [-0.2, -0.15) is 0 Å². The van der Waals surface area contributed by atoms with E-state index >= 15 is 0 Å². The first-order valence-electron chi connectivity index (χ1n) is 9.38. The predicted molar refractivity (Wildman–Crippen MR) is 105 cm³/mol. The number of para-hydroxylation sites is 1.